The summed E-state index contributed by atoms with van der Waals surface area (Å²) in [6, 6.07) is 37.5. The average molecular weight is 450 g/mol. The van der Waals surface area contributed by atoms with Gasteiger partial charge in [0.05, 0.1) is 6.61 Å². The van der Waals surface area contributed by atoms with E-state index in [1.165, 1.54) is 5.56 Å². The maximum Gasteiger partial charge on any atom is 0.115 e. The van der Waals surface area contributed by atoms with Crippen LogP contribution < -0.4 is 0 Å². The van der Waals surface area contributed by atoms with Gasteiger partial charge in [0.15, 0.2) is 0 Å². The second-order valence-corrected chi connectivity index (χ2v) is 9.18. The van der Waals surface area contributed by atoms with Crippen molar-refractivity contribution in [1.82, 2.24) is 4.90 Å². The molecule has 0 aromatic heterocycles. The molecule has 1 aliphatic rings. The molecule has 4 aromatic rings. The molecular weight excluding hydrogens is 418 g/mol. The smallest absolute Gasteiger partial charge is 0.115 e. The van der Waals surface area contributed by atoms with Gasteiger partial charge in [0.25, 0.3) is 0 Å². The highest BCUT2D eigenvalue weighted by Gasteiger charge is 2.39. The second kappa shape index (κ2) is 9.94. The SMILES string of the molecule is CC(O)(c1ccccc1-c1ccccc1-c1ccccc1)C1CN(Cc2ccccc2)CCO1. The van der Waals surface area contributed by atoms with Crippen LogP contribution in [0.15, 0.2) is 109 Å². The molecule has 0 radical (unpaired) electrons. The standard InChI is InChI=1S/C31H31NO2/c1-31(33,30-23-32(20-21-34-30)22-24-12-4-2-5-13-24)29-19-11-10-18-28(29)27-17-9-8-16-26(27)25-14-6-3-7-15-25/h2-19,30,33H,20-23H2,1H3. The van der Waals surface area contributed by atoms with Crippen LogP contribution in [0.25, 0.3) is 22.3 Å². The maximum atomic E-state index is 11.9. The molecule has 1 aliphatic heterocycles. The van der Waals surface area contributed by atoms with Gasteiger partial charge in [-0.1, -0.05) is 109 Å². The minimum absolute atomic E-state index is 0.324. The first-order valence-corrected chi connectivity index (χ1v) is 12.0. The first-order chi connectivity index (χ1) is 16.6. The van der Waals surface area contributed by atoms with Gasteiger partial charge >= 0.3 is 0 Å². The van der Waals surface area contributed by atoms with E-state index >= 15 is 0 Å². The summed E-state index contributed by atoms with van der Waals surface area (Å²) >= 11 is 0. The monoisotopic (exact) mass is 449 g/mol. The highest BCUT2D eigenvalue weighted by molar-refractivity contribution is 5.85. The van der Waals surface area contributed by atoms with Crippen LogP contribution in [-0.2, 0) is 16.9 Å². The molecule has 0 saturated carbocycles. The van der Waals surface area contributed by atoms with Crippen molar-refractivity contribution in [2.45, 2.75) is 25.2 Å². The molecule has 34 heavy (non-hydrogen) atoms. The minimum atomic E-state index is -1.14. The summed E-state index contributed by atoms with van der Waals surface area (Å²) in [5, 5.41) is 11.9. The molecule has 0 amide bonds. The molecule has 0 spiro atoms. The van der Waals surface area contributed by atoms with Gasteiger partial charge in [0, 0.05) is 19.6 Å². The molecule has 0 bridgehead atoms. The lowest BCUT2D eigenvalue weighted by atomic mass is 9.82. The van der Waals surface area contributed by atoms with Crippen molar-refractivity contribution in [3.05, 3.63) is 120 Å². The van der Waals surface area contributed by atoms with Gasteiger partial charge in [0.1, 0.15) is 11.7 Å². The fraction of sp³-hybridized carbons (Fsp3) is 0.226. The topological polar surface area (TPSA) is 32.7 Å². The fourth-order valence-electron chi connectivity index (χ4n) is 4.95. The Bertz CT molecular complexity index is 1220. The summed E-state index contributed by atoms with van der Waals surface area (Å²) < 4.78 is 6.18. The molecule has 1 heterocycles. The van der Waals surface area contributed by atoms with Crippen molar-refractivity contribution in [3.8, 4) is 22.3 Å². The number of ether oxygens (including phenoxy) is 1. The molecule has 2 unspecified atom stereocenters. The summed E-state index contributed by atoms with van der Waals surface area (Å²) in [6.07, 6.45) is -0.324. The van der Waals surface area contributed by atoms with Gasteiger partial charge in [-0.2, -0.15) is 0 Å². The van der Waals surface area contributed by atoms with E-state index in [2.05, 4.69) is 83.8 Å². The van der Waals surface area contributed by atoms with Crippen LogP contribution in [0, 0.1) is 0 Å². The van der Waals surface area contributed by atoms with Gasteiger partial charge in [0.2, 0.25) is 0 Å². The predicted molar refractivity (Wildman–Crippen MR) is 138 cm³/mol. The lowest BCUT2D eigenvalue weighted by Crippen LogP contribution is -2.51. The molecular formula is C31H31NO2. The van der Waals surface area contributed by atoms with E-state index in [1.807, 2.05) is 37.3 Å². The van der Waals surface area contributed by atoms with Crippen molar-refractivity contribution in [2.24, 2.45) is 0 Å². The van der Waals surface area contributed by atoms with Crippen LogP contribution in [0.5, 0.6) is 0 Å². The Morgan fingerprint density at radius 3 is 2.09 bits per heavy atom. The van der Waals surface area contributed by atoms with Crippen LogP contribution in [0.3, 0.4) is 0 Å². The zero-order valence-corrected chi connectivity index (χ0v) is 19.6. The molecule has 172 valence electrons. The third-order valence-corrected chi connectivity index (χ3v) is 6.80. The Morgan fingerprint density at radius 2 is 1.35 bits per heavy atom. The Morgan fingerprint density at radius 1 is 0.765 bits per heavy atom. The highest BCUT2D eigenvalue weighted by Crippen LogP contribution is 2.40. The lowest BCUT2D eigenvalue weighted by molar-refractivity contribution is -0.141. The van der Waals surface area contributed by atoms with Crippen molar-refractivity contribution in [2.75, 3.05) is 19.7 Å². The van der Waals surface area contributed by atoms with Gasteiger partial charge in [-0.25, -0.2) is 0 Å². The van der Waals surface area contributed by atoms with Crippen LogP contribution >= 0.6 is 0 Å². The van der Waals surface area contributed by atoms with E-state index in [0.29, 0.717) is 13.2 Å². The zero-order chi connectivity index (χ0) is 23.4. The number of nitrogens with zero attached hydrogens (tertiary/aromatic N) is 1. The maximum absolute atomic E-state index is 11.9. The predicted octanol–water partition coefficient (Wildman–Crippen LogP) is 6.13. The molecule has 1 fully saturated rings. The molecule has 5 rings (SSSR count). The molecule has 1 N–H and O–H groups in total. The van der Waals surface area contributed by atoms with E-state index in [9.17, 15) is 5.11 Å². The van der Waals surface area contributed by atoms with E-state index in [-0.39, 0.29) is 6.10 Å². The second-order valence-electron chi connectivity index (χ2n) is 9.18. The third kappa shape index (κ3) is 4.69. The Kier molecular flexibility index (Phi) is 6.59. The van der Waals surface area contributed by atoms with Gasteiger partial charge in [-0.15, -0.1) is 0 Å². The van der Waals surface area contributed by atoms with E-state index in [0.717, 1.165) is 40.9 Å². The average Bonchev–Trinajstić information content (AvgIpc) is 2.90. The molecule has 2 atom stereocenters. The largest absolute Gasteiger partial charge is 0.383 e. The number of benzene rings is 4. The van der Waals surface area contributed by atoms with E-state index in [4.69, 9.17) is 4.74 Å². The summed E-state index contributed by atoms with van der Waals surface area (Å²) in [4.78, 5) is 2.37. The fourth-order valence-corrected chi connectivity index (χ4v) is 4.95. The van der Waals surface area contributed by atoms with Gasteiger partial charge < -0.3 is 9.84 Å². The van der Waals surface area contributed by atoms with Crippen LogP contribution in [-0.4, -0.2) is 35.8 Å². The number of hydrogen-bond acceptors (Lipinski definition) is 3. The lowest BCUT2D eigenvalue weighted by Gasteiger charge is -2.41. The molecule has 3 nitrogen and oxygen atoms in total. The van der Waals surface area contributed by atoms with Crippen LogP contribution in [0.2, 0.25) is 0 Å². The van der Waals surface area contributed by atoms with Crippen molar-refractivity contribution < 1.29 is 9.84 Å². The molecule has 1 saturated heterocycles. The van der Waals surface area contributed by atoms with Crippen LogP contribution in [0.1, 0.15) is 18.1 Å². The van der Waals surface area contributed by atoms with Crippen molar-refractivity contribution in [1.29, 1.82) is 0 Å². The number of morpholine rings is 1. The molecule has 3 heteroatoms. The Hall–Kier alpha value is -3.24. The van der Waals surface area contributed by atoms with Gasteiger partial charge in [-0.05, 0) is 40.3 Å². The summed E-state index contributed by atoms with van der Waals surface area (Å²) in [6.45, 7) is 4.90. The van der Waals surface area contributed by atoms with E-state index < -0.39 is 5.60 Å². The van der Waals surface area contributed by atoms with Crippen LogP contribution in [0.4, 0.5) is 0 Å². The molecule has 0 aliphatic carbocycles. The third-order valence-electron chi connectivity index (χ3n) is 6.80. The quantitative estimate of drug-likeness (QED) is 0.384. The normalized spacial score (nSPS) is 18.4. The number of hydrogen-bond donors (Lipinski definition) is 1. The van der Waals surface area contributed by atoms with Crippen molar-refractivity contribution >= 4 is 0 Å². The van der Waals surface area contributed by atoms with E-state index in [1.54, 1.807) is 0 Å². The first-order valence-electron chi connectivity index (χ1n) is 12.0. The van der Waals surface area contributed by atoms with Gasteiger partial charge in [-0.3, -0.25) is 4.90 Å². The first kappa shape index (κ1) is 22.5. The highest BCUT2D eigenvalue weighted by atomic mass is 16.5. The minimum Gasteiger partial charge on any atom is -0.383 e. The number of rotatable bonds is 6. The number of aliphatic hydroxyl groups is 1. The summed E-state index contributed by atoms with van der Waals surface area (Å²) in [5.41, 5.74) is 5.50. The summed E-state index contributed by atoms with van der Waals surface area (Å²) in [5.74, 6) is 0. The summed E-state index contributed by atoms with van der Waals surface area (Å²) in [7, 11) is 0. The Balaban J connectivity index is 1.48. The Labute approximate surface area is 202 Å². The van der Waals surface area contributed by atoms with Crippen molar-refractivity contribution in [3.63, 3.8) is 0 Å². The molecule has 4 aromatic carbocycles. The zero-order valence-electron chi connectivity index (χ0n) is 19.6.